The van der Waals surface area contributed by atoms with Crippen LogP contribution >= 0.6 is 0 Å². The molecule has 1 aromatic carbocycles. The lowest BCUT2D eigenvalue weighted by Gasteiger charge is -2.26. The Balaban J connectivity index is 1.42. The first-order valence-electron chi connectivity index (χ1n) is 8.26. The van der Waals surface area contributed by atoms with Crippen molar-refractivity contribution in [3.05, 3.63) is 42.5 Å². The standard InChI is InChI=1S/C17H21N5O/c23-17(22-9-7-14-4-1-2-6-16(14)22)11-20-8-3-5-15(20)10-21-13-18-12-19-21/h1-2,4,6,12-13,15H,3,5,7-11H2. The highest BCUT2D eigenvalue weighted by Gasteiger charge is 2.30. The zero-order chi connectivity index (χ0) is 15.6. The molecular formula is C17H21N5O. The van der Waals surface area contributed by atoms with Gasteiger partial charge in [-0.05, 0) is 37.4 Å². The first-order valence-corrected chi connectivity index (χ1v) is 8.26. The fourth-order valence-electron chi connectivity index (χ4n) is 3.71. The Morgan fingerprint density at radius 3 is 3.04 bits per heavy atom. The predicted octanol–water partition coefficient (Wildman–Crippen LogP) is 1.33. The number of fused-ring (bicyclic) bond motifs is 1. The van der Waals surface area contributed by atoms with Gasteiger partial charge in [-0.3, -0.25) is 14.4 Å². The van der Waals surface area contributed by atoms with Gasteiger partial charge in [-0.2, -0.15) is 5.10 Å². The second-order valence-electron chi connectivity index (χ2n) is 6.31. The summed E-state index contributed by atoms with van der Waals surface area (Å²) in [4.78, 5) is 21.0. The number of benzene rings is 1. The minimum atomic E-state index is 0.209. The van der Waals surface area contributed by atoms with E-state index in [4.69, 9.17) is 0 Å². The molecule has 0 saturated carbocycles. The van der Waals surface area contributed by atoms with E-state index in [0.717, 1.165) is 44.6 Å². The Morgan fingerprint density at radius 2 is 2.17 bits per heavy atom. The molecule has 6 nitrogen and oxygen atoms in total. The highest BCUT2D eigenvalue weighted by Crippen LogP contribution is 2.28. The van der Waals surface area contributed by atoms with Crippen LogP contribution in [0.15, 0.2) is 36.9 Å². The van der Waals surface area contributed by atoms with Gasteiger partial charge in [0, 0.05) is 18.3 Å². The van der Waals surface area contributed by atoms with Crippen LogP contribution in [0, 0.1) is 0 Å². The molecule has 1 aromatic heterocycles. The van der Waals surface area contributed by atoms with Crippen molar-refractivity contribution in [2.24, 2.45) is 0 Å². The molecule has 23 heavy (non-hydrogen) atoms. The van der Waals surface area contributed by atoms with Crippen molar-refractivity contribution >= 4 is 11.6 Å². The number of aromatic nitrogens is 3. The summed E-state index contributed by atoms with van der Waals surface area (Å²) in [6.07, 6.45) is 6.53. The quantitative estimate of drug-likeness (QED) is 0.855. The fraction of sp³-hybridized carbons (Fsp3) is 0.471. The molecule has 1 atom stereocenters. The van der Waals surface area contributed by atoms with Crippen molar-refractivity contribution in [2.45, 2.75) is 31.8 Å². The molecule has 0 N–H and O–H groups in total. The lowest BCUT2D eigenvalue weighted by Crippen LogP contribution is -2.43. The molecule has 0 bridgehead atoms. The van der Waals surface area contributed by atoms with E-state index in [1.54, 1.807) is 12.7 Å². The van der Waals surface area contributed by atoms with E-state index in [-0.39, 0.29) is 5.91 Å². The van der Waals surface area contributed by atoms with E-state index >= 15 is 0 Å². The van der Waals surface area contributed by atoms with Crippen LogP contribution in [0.25, 0.3) is 0 Å². The van der Waals surface area contributed by atoms with Crippen LogP contribution in [-0.2, 0) is 17.8 Å². The number of likely N-dealkylation sites (tertiary alicyclic amines) is 1. The van der Waals surface area contributed by atoms with E-state index in [1.165, 1.54) is 5.56 Å². The zero-order valence-electron chi connectivity index (χ0n) is 13.1. The van der Waals surface area contributed by atoms with Crippen molar-refractivity contribution in [3.63, 3.8) is 0 Å². The monoisotopic (exact) mass is 311 g/mol. The summed E-state index contributed by atoms with van der Waals surface area (Å²) in [7, 11) is 0. The topological polar surface area (TPSA) is 54.3 Å². The smallest absolute Gasteiger partial charge is 0.241 e. The van der Waals surface area contributed by atoms with Crippen LogP contribution in [0.2, 0.25) is 0 Å². The number of hydrogen-bond acceptors (Lipinski definition) is 4. The van der Waals surface area contributed by atoms with Gasteiger partial charge in [0.2, 0.25) is 5.91 Å². The number of hydrogen-bond donors (Lipinski definition) is 0. The van der Waals surface area contributed by atoms with Gasteiger partial charge in [0.05, 0.1) is 13.1 Å². The minimum absolute atomic E-state index is 0.209. The number of para-hydroxylation sites is 1. The lowest BCUT2D eigenvalue weighted by molar-refractivity contribution is -0.119. The lowest BCUT2D eigenvalue weighted by atomic mass is 10.2. The van der Waals surface area contributed by atoms with Gasteiger partial charge in [0.15, 0.2) is 0 Å². The maximum absolute atomic E-state index is 12.8. The third kappa shape index (κ3) is 2.86. The maximum Gasteiger partial charge on any atom is 0.241 e. The summed E-state index contributed by atoms with van der Waals surface area (Å²) in [6.45, 7) is 3.10. The molecule has 120 valence electrons. The largest absolute Gasteiger partial charge is 0.311 e. The van der Waals surface area contributed by atoms with Gasteiger partial charge in [-0.25, -0.2) is 4.98 Å². The van der Waals surface area contributed by atoms with Crippen LogP contribution in [0.3, 0.4) is 0 Å². The normalized spacial score (nSPS) is 20.9. The number of anilines is 1. The Labute approximate surface area is 135 Å². The van der Waals surface area contributed by atoms with Crippen LogP contribution < -0.4 is 4.90 Å². The van der Waals surface area contributed by atoms with E-state index < -0.39 is 0 Å². The Hall–Kier alpha value is -2.21. The summed E-state index contributed by atoms with van der Waals surface area (Å²) < 4.78 is 1.86. The van der Waals surface area contributed by atoms with E-state index in [2.05, 4.69) is 27.1 Å². The predicted molar refractivity (Wildman–Crippen MR) is 87.1 cm³/mol. The van der Waals surface area contributed by atoms with Gasteiger partial charge in [0.25, 0.3) is 0 Å². The molecule has 0 aliphatic carbocycles. The number of carbonyl (C=O) groups is 1. The summed E-state index contributed by atoms with van der Waals surface area (Å²) in [5, 5.41) is 4.18. The molecule has 6 heteroatoms. The molecule has 0 radical (unpaired) electrons. The first kappa shape index (κ1) is 14.4. The second kappa shape index (κ2) is 6.12. The molecule has 1 unspecified atom stereocenters. The van der Waals surface area contributed by atoms with Crippen LogP contribution in [-0.4, -0.2) is 51.2 Å². The summed E-state index contributed by atoms with van der Waals surface area (Å²) in [5.74, 6) is 0.209. The Bertz CT molecular complexity index is 684. The van der Waals surface area contributed by atoms with E-state index in [0.29, 0.717) is 12.6 Å². The average Bonchev–Trinajstić information content (AvgIpc) is 3.29. The second-order valence-corrected chi connectivity index (χ2v) is 6.31. The van der Waals surface area contributed by atoms with E-state index in [1.807, 2.05) is 21.7 Å². The van der Waals surface area contributed by atoms with Crippen LogP contribution in [0.5, 0.6) is 0 Å². The van der Waals surface area contributed by atoms with Gasteiger partial charge in [0.1, 0.15) is 12.7 Å². The third-order valence-corrected chi connectivity index (χ3v) is 4.89. The molecule has 3 heterocycles. The number of amides is 1. The van der Waals surface area contributed by atoms with Gasteiger partial charge in [-0.1, -0.05) is 18.2 Å². The molecule has 1 amide bonds. The fourth-order valence-corrected chi connectivity index (χ4v) is 3.71. The molecule has 1 fully saturated rings. The van der Waals surface area contributed by atoms with Crippen molar-refractivity contribution in [3.8, 4) is 0 Å². The van der Waals surface area contributed by atoms with Crippen molar-refractivity contribution in [1.29, 1.82) is 0 Å². The number of carbonyl (C=O) groups excluding carboxylic acids is 1. The average molecular weight is 311 g/mol. The maximum atomic E-state index is 12.8. The SMILES string of the molecule is O=C(CN1CCCC1Cn1cncn1)N1CCc2ccccc21. The van der Waals surface area contributed by atoms with Crippen LogP contribution in [0.4, 0.5) is 5.69 Å². The minimum Gasteiger partial charge on any atom is -0.311 e. The van der Waals surface area contributed by atoms with Gasteiger partial charge >= 0.3 is 0 Å². The van der Waals surface area contributed by atoms with Gasteiger partial charge in [-0.15, -0.1) is 0 Å². The summed E-state index contributed by atoms with van der Waals surface area (Å²) in [5.41, 5.74) is 2.37. The number of nitrogens with zero attached hydrogens (tertiary/aromatic N) is 5. The highest BCUT2D eigenvalue weighted by atomic mass is 16.2. The van der Waals surface area contributed by atoms with Crippen molar-refractivity contribution < 1.29 is 4.79 Å². The van der Waals surface area contributed by atoms with Crippen molar-refractivity contribution in [1.82, 2.24) is 19.7 Å². The summed E-state index contributed by atoms with van der Waals surface area (Å²) in [6, 6.07) is 8.59. The molecule has 2 aromatic rings. The molecule has 2 aliphatic rings. The van der Waals surface area contributed by atoms with E-state index in [9.17, 15) is 4.79 Å². The highest BCUT2D eigenvalue weighted by molar-refractivity contribution is 5.96. The Morgan fingerprint density at radius 1 is 1.26 bits per heavy atom. The summed E-state index contributed by atoms with van der Waals surface area (Å²) >= 11 is 0. The molecular weight excluding hydrogens is 290 g/mol. The van der Waals surface area contributed by atoms with Crippen molar-refractivity contribution in [2.75, 3.05) is 24.5 Å². The molecule has 2 aliphatic heterocycles. The van der Waals surface area contributed by atoms with Gasteiger partial charge < -0.3 is 4.90 Å². The Kier molecular flexibility index (Phi) is 3.83. The zero-order valence-corrected chi connectivity index (χ0v) is 13.1. The molecule has 0 spiro atoms. The molecule has 4 rings (SSSR count). The first-order chi connectivity index (χ1) is 11.3. The number of rotatable bonds is 4. The third-order valence-electron chi connectivity index (χ3n) is 4.89. The van der Waals surface area contributed by atoms with Crippen LogP contribution in [0.1, 0.15) is 18.4 Å². The molecule has 1 saturated heterocycles.